The van der Waals surface area contributed by atoms with Crippen molar-refractivity contribution in [1.29, 1.82) is 0 Å². The van der Waals surface area contributed by atoms with E-state index in [0.29, 0.717) is 31.9 Å². The van der Waals surface area contributed by atoms with E-state index in [-0.39, 0.29) is 5.91 Å². The van der Waals surface area contributed by atoms with Crippen LogP contribution in [-0.2, 0) is 0 Å². The molecular weight excluding hydrogens is 406 g/mol. The maximum absolute atomic E-state index is 12.9. The second-order valence-corrected chi connectivity index (χ2v) is 7.65. The van der Waals surface area contributed by atoms with Gasteiger partial charge in [0, 0.05) is 37.9 Å². The fourth-order valence-electron chi connectivity index (χ4n) is 3.72. The maximum Gasteiger partial charge on any atom is 0.276 e. The van der Waals surface area contributed by atoms with Crippen LogP contribution in [0.5, 0.6) is 0 Å². The van der Waals surface area contributed by atoms with E-state index in [4.69, 9.17) is 0 Å². The van der Waals surface area contributed by atoms with Crippen LogP contribution in [0.25, 0.3) is 11.5 Å². The summed E-state index contributed by atoms with van der Waals surface area (Å²) in [5.41, 5.74) is 3.19. The summed E-state index contributed by atoms with van der Waals surface area (Å²) in [6.07, 6.45) is 4.86. The van der Waals surface area contributed by atoms with E-state index in [1.165, 1.54) is 11.0 Å². The standard InChI is InChI=1S/C22H23N9O/c1-16-17(2)30(15-25-16)21-12-20(23-14-24-21)28-8-10-29(11-9-28)22(32)19-13-26-31(27-19)18-6-4-3-5-7-18/h3-7,12-15H,8-11H2,1-2H3. The fourth-order valence-corrected chi connectivity index (χ4v) is 3.72. The van der Waals surface area contributed by atoms with E-state index in [1.807, 2.05) is 54.8 Å². The van der Waals surface area contributed by atoms with E-state index < -0.39 is 0 Å². The summed E-state index contributed by atoms with van der Waals surface area (Å²) in [6.45, 7) is 6.51. The van der Waals surface area contributed by atoms with Crippen LogP contribution in [-0.4, -0.2) is 71.5 Å². The van der Waals surface area contributed by atoms with Crippen LogP contribution in [0.15, 0.2) is 55.2 Å². The van der Waals surface area contributed by atoms with Crippen molar-refractivity contribution in [1.82, 2.24) is 39.4 Å². The van der Waals surface area contributed by atoms with Gasteiger partial charge in [-0.3, -0.25) is 9.36 Å². The minimum atomic E-state index is -0.111. The summed E-state index contributed by atoms with van der Waals surface area (Å²) in [5, 5.41) is 8.60. The first kappa shape index (κ1) is 19.9. The molecule has 0 atom stereocenters. The van der Waals surface area contributed by atoms with Gasteiger partial charge in [-0.05, 0) is 26.0 Å². The molecule has 0 radical (unpaired) electrons. The molecule has 10 heteroatoms. The normalized spacial score (nSPS) is 14.1. The predicted octanol–water partition coefficient (Wildman–Crippen LogP) is 1.82. The molecule has 0 aliphatic carbocycles. The highest BCUT2D eigenvalue weighted by Gasteiger charge is 2.25. The molecule has 1 amide bonds. The molecule has 10 nitrogen and oxygen atoms in total. The third-order valence-electron chi connectivity index (χ3n) is 5.73. The number of piperazine rings is 1. The Bertz CT molecular complexity index is 1240. The first-order chi connectivity index (χ1) is 15.6. The van der Waals surface area contributed by atoms with Crippen LogP contribution in [0.1, 0.15) is 21.9 Å². The molecule has 5 rings (SSSR count). The summed E-state index contributed by atoms with van der Waals surface area (Å²) in [7, 11) is 0. The first-order valence-corrected chi connectivity index (χ1v) is 10.4. The number of carbonyl (C=O) groups is 1. The predicted molar refractivity (Wildman–Crippen MR) is 118 cm³/mol. The number of anilines is 1. The molecule has 1 saturated heterocycles. The lowest BCUT2D eigenvalue weighted by atomic mass is 10.2. The third-order valence-corrected chi connectivity index (χ3v) is 5.73. The quantitative estimate of drug-likeness (QED) is 0.488. The van der Waals surface area contributed by atoms with E-state index in [1.54, 1.807) is 17.6 Å². The third kappa shape index (κ3) is 3.70. The van der Waals surface area contributed by atoms with Crippen LogP contribution in [0.2, 0.25) is 0 Å². The van der Waals surface area contributed by atoms with Gasteiger partial charge in [0.1, 0.15) is 24.3 Å². The first-order valence-electron chi connectivity index (χ1n) is 10.4. The van der Waals surface area contributed by atoms with Gasteiger partial charge >= 0.3 is 0 Å². The number of hydrogen-bond acceptors (Lipinski definition) is 7. The maximum atomic E-state index is 12.9. The van der Waals surface area contributed by atoms with Crippen molar-refractivity contribution in [3.8, 4) is 11.5 Å². The number of para-hydroxylation sites is 1. The summed E-state index contributed by atoms with van der Waals surface area (Å²) >= 11 is 0. The molecule has 1 aliphatic rings. The molecule has 0 spiro atoms. The van der Waals surface area contributed by atoms with Crippen LogP contribution in [0.4, 0.5) is 5.82 Å². The van der Waals surface area contributed by atoms with Gasteiger partial charge in [-0.15, -0.1) is 5.10 Å². The average Bonchev–Trinajstić information content (AvgIpc) is 3.47. The Balaban J connectivity index is 1.26. The minimum absolute atomic E-state index is 0.111. The highest BCUT2D eigenvalue weighted by Crippen LogP contribution is 2.19. The van der Waals surface area contributed by atoms with Gasteiger partial charge in [-0.25, -0.2) is 15.0 Å². The molecule has 1 aromatic carbocycles. The molecule has 3 aromatic heterocycles. The number of amides is 1. The van der Waals surface area contributed by atoms with Gasteiger partial charge in [-0.2, -0.15) is 9.90 Å². The second kappa shape index (κ2) is 8.22. The zero-order chi connectivity index (χ0) is 22.1. The van der Waals surface area contributed by atoms with E-state index >= 15 is 0 Å². The van der Waals surface area contributed by atoms with Crippen molar-refractivity contribution in [3.63, 3.8) is 0 Å². The monoisotopic (exact) mass is 429 g/mol. The number of benzene rings is 1. The van der Waals surface area contributed by atoms with Crippen molar-refractivity contribution in [2.45, 2.75) is 13.8 Å². The fraction of sp³-hybridized carbons (Fsp3) is 0.273. The zero-order valence-corrected chi connectivity index (χ0v) is 18.0. The smallest absolute Gasteiger partial charge is 0.276 e. The van der Waals surface area contributed by atoms with Gasteiger partial charge in [0.25, 0.3) is 5.91 Å². The van der Waals surface area contributed by atoms with Crippen LogP contribution in [0.3, 0.4) is 0 Å². The number of nitrogens with zero attached hydrogens (tertiary/aromatic N) is 9. The molecule has 32 heavy (non-hydrogen) atoms. The largest absolute Gasteiger partial charge is 0.353 e. The summed E-state index contributed by atoms with van der Waals surface area (Å²) < 4.78 is 1.95. The SMILES string of the molecule is Cc1ncn(-c2cc(N3CCN(C(=O)c4cnn(-c5ccccc5)n4)CC3)ncn2)c1C. The number of aryl methyl sites for hydroxylation is 1. The summed E-state index contributed by atoms with van der Waals surface area (Å²) in [4.78, 5) is 31.5. The van der Waals surface area contributed by atoms with Crippen LogP contribution in [0, 0.1) is 13.8 Å². The molecular formula is C22H23N9O. The Morgan fingerprint density at radius 1 is 0.938 bits per heavy atom. The number of hydrogen-bond donors (Lipinski definition) is 0. The van der Waals surface area contributed by atoms with Crippen molar-refractivity contribution in [2.24, 2.45) is 0 Å². The zero-order valence-electron chi connectivity index (χ0n) is 18.0. The number of imidazole rings is 1. The van der Waals surface area contributed by atoms with Gasteiger partial charge in [0.15, 0.2) is 5.69 Å². The lowest BCUT2D eigenvalue weighted by Gasteiger charge is -2.35. The van der Waals surface area contributed by atoms with E-state index in [0.717, 1.165) is 28.7 Å². The minimum Gasteiger partial charge on any atom is -0.353 e. The van der Waals surface area contributed by atoms with Crippen molar-refractivity contribution >= 4 is 11.7 Å². The Morgan fingerprint density at radius 2 is 1.69 bits per heavy atom. The topological polar surface area (TPSA) is 97.9 Å². The molecule has 1 aliphatic heterocycles. The number of carbonyl (C=O) groups excluding carboxylic acids is 1. The molecule has 0 N–H and O–H groups in total. The second-order valence-electron chi connectivity index (χ2n) is 7.65. The van der Waals surface area contributed by atoms with Gasteiger partial charge in [0.2, 0.25) is 0 Å². The molecule has 162 valence electrons. The highest BCUT2D eigenvalue weighted by atomic mass is 16.2. The molecule has 0 saturated carbocycles. The molecule has 0 bridgehead atoms. The number of rotatable bonds is 4. The Labute approximate surface area is 185 Å². The summed E-state index contributed by atoms with van der Waals surface area (Å²) in [5.74, 6) is 1.51. The van der Waals surface area contributed by atoms with Gasteiger partial charge < -0.3 is 9.80 Å². The highest BCUT2D eigenvalue weighted by molar-refractivity contribution is 5.92. The molecule has 0 unspecified atom stereocenters. The Morgan fingerprint density at radius 3 is 2.41 bits per heavy atom. The lowest BCUT2D eigenvalue weighted by molar-refractivity contribution is 0.0740. The van der Waals surface area contributed by atoms with Crippen molar-refractivity contribution < 1.29 is 4.79 Å². The molecule has 4 heterocycles. The Kier molecular flexibility index (Phi) is 5.10. The van der Waals surface area contributed by atoms with Gasteiger partial charge in [-0.1, -0.05) is 18.2 Å². The average molecular weight is 429 g/mol. The Hall–Kier alpha value is -4.08. The van der Waals surface area contributed by atoms with Crippen LogP contribution < -0.4 is 4.90 Å². The lowest BCUT2D eigenvalue weighted by Crippen LogP contribution is -2.49. The van der Waals surface area contributed by atoms with Gasteiger partial charge in [0.05, 0.1) is 17.6 Å². The van der Waals surface area contributed by atoms with Crippen molar-refractivity contribution in [3.05, 3.63) is 72.3 Å². The van der Waals surface area contributed by atoms with Crippen LogP contribution >= 0.6 is 0 Å². The number of aromatic nitrogens is 7. The van der Waals surface area contributed by atoms with E-state index in [9.17, 15) is 4.79 Å². The molecule has 4 aromatic rings. The summed E-state index contributed by atoms with van der Waals surface area (Å²) in [6, 6.07) is 11.5. The van der Waals surface area contributed by atoms with E-state index in [2.05, 4.69) is 30.0 Å². The van der Waals surface area contributed by atoms with Crippen molar-refractivity contribution in [2.75, 3.05) is 31.1 Å². The molecule has 1 fully saturated rings.